The first kappa shape index (κ1) is 27.4. The van der Waals surface area contributed by atoms with Crippen molar-refractivity contribution in [2.75, 3.05) is 17.7 Å². The summed E-state index contributed by atoms with van der Waals surface area (Å²) < 4.78 is 41.9. The van der Waals surface area contributed by atoms with Crippen LogP contribution in [0.5, 0.6) is 0 Å². The van der Waals surface area contributed by atoms with E-state index in [4.69, 9.17) is 5.73 Å². The van der Waals surface area contributed by atoms with E-state index in [0.29, 0.717) is 41.8 Å². The molecule has 0 radical (unpaired) electrons. The number of rotatable bonds is 6. The van der Waals surface area contributed by atoms with Crippen LogP contribution < -0.4 is 16.0 Å². The number of carbonyl (C=O) groups excluding carboxylic acids is 3. The molecule has 2 fully saturated rings. The van der Waals surface area contributed by atoms with Crippen LogP contribution in [0.4, 0.5) is 29.5 Å². The van der Waals surface area contributed by atoms with Gasteiger partial charge in [0.15, 0.2) is 0 Å². The lowest BCUT2D eigenvalue weighted by Gasteiger charge is -2.46. The second kappa shape index (κ2) is 11.0. The summed E-state index contributed by atoms with van der Waals surface area (Å²) in [5.74, 6) is -2.77. The smallest absolute Gasteiger partial charge is 0.384 e. The molecular weight excluding hydrogens is 499 g/mol. The molecule has 8 nitrogen and oxygen atoms in total. The summed E-state index contributed by atoms with van der Waals surface area (Å²) in [7, 11) is 1.51. The molecule has 1 saturated carbocycles. The van der Waals surface area contributed by atoms with E-state index in [9.17, 15) is 27.6 Å². The van der Waals surface area contributed by atoms with E-state index < -0.39 is 47.9 Å². The summed E-state index contributed by atoms with van der Waals surface area (Å²) in [6.45, 7) is 1.89. The number of carbonyl (C=O) groups is 3. The van der Waals surface area contributed by atoms with Crippen molar-refractivity contribution in [3.8, 4) is 0 Å². The number of nitrogens with zero attached hydrogens (tertiary/aromatic N) is 3. The molecule has 2 aromatic rings. The Kier molecular flexibility index (Phi) is 7.94. The van der Waals surface area contributed by atoms with Crippen molar-refractivity contribution >= 4 is 29.4 Å². The van der Waals surface area contributed by atoms with Gasteiger partial charge in [-0.25, -0.2) is 9.78 Å². The summed E-state index contributed by atoms with van der Waals surface area (Å²) in [4.78, 5) is 45.9. The second-order valence-corrected chi connectivity index (χ2v) is 10.2. The molecule has 2 heterocycles. The van der Waals surface area contributed by atoms with Gasteiger partial charge in [0.25, 0.3) is 5.91 Å². The number of β-lactam (4-membered cyclic amide) rings is 1. The maximum Gasteiger partial charge on any atom is 0.408 e. The average Bonchev–Trinajstić information content (AvgIpc) is 2.88. The molecule has 1 aliphatic heterocycles. The minimum atomic E-state index is -4.68. The standard InChI is InChI=1S/C27H32F3N5O3/c1-16-8-10-19(11-9-16)34(2)25(37)22-20(14-17-12-13-32-21(31)15-17)24(36)35(22)26(38)33-23(27(28,29)30)18-6-4-3-5-7-18/h8-13,15,18,20,22-23H,3-7,14H2,1-2H3,(H2,31,32)(H,33,38)/t20-,22+,23+/m1/s1. The molecule has 0 bridgehead atoms. The maximum absolute atomic E-state index is 14.0. The van der Waals surface area contributed by atoms with Gasteiger partial charge < -0.3 is 16.0 Å². The number of likely N-dealkylation sites (tertiary alicyclic amines) is 1. The van der Waals surface area contributed by atoms with Gasteiger partial charge in [0.2, 0.25) is 5.91 Å². The molecule has 38 heavy (non-hydrogen) atoms. The number of anilines is 2. The number of urea groups is 1. The number of likely N-dealkylation sites (N-methyl/N-ethyl adjacent to an activating group) is 1. The Morgan fingerprint density at radius 1 is 1.16 bits per heavy atom. The highest BCUT2D eigenvalue weighted by Crippen LogP contribution is 2.37. The van der Waals surface area contributed by atoms with Crippen molar-refractivity contribution in [2.24, 2.45) is 11.8 Å². The summed E-state index contributed by atoms with van der Waals surface area (Å²) in [5.41, 5.74) is 7.88. The predicted molar refractivity (Wildman–Crippen MR) is 136 cm³/mol. The quantitative estimate of drug-likeness (QED) is 0.543. The Hall–Kier alpha value is -3.63. The lowest BCUT2D eigenvalue weighted by atomic mass is 9.81. The zero-order chi connectivity index (χ0) is 27.6. The maximum atomic E-state index is 14.0. The zero-order valence-electron chi connectivity index (χ0n) is 21.4. The first-order valence-corrected chi connectivity index (χ1v) is 12.7. The molecule has 4 rings (SSSR count). The van der Waals surface area contributed by atoms with Crippen molar-refractivity contribution in [1.29, 1.82) is 0 Å². The molecule has 0 spiro atoms. The lowest BCUT2D eigenvalue weighted by molar-refractivity contribution is -0.170. The topological polar surface area (TPSA) is 109 Å². The fraction of sp³-hybridized carbons (Fsp3) is 0.481. The van der Waals surface area contributed by atoms with Gasteiger partial charge in [0.05, 0.1) is 5.92 Å². The monoisotopic (exact) mass is 531 g/mol. The van der Waals surface area contributed by atoms with Crippen LogP contribution in [0, 0.1) is 18.8 Å². The number of benzene rings is 1. The van der Waals surface area contributed by atoms with Crippen LogP contribution in [0.25, 0.3) is 0 Å². The van der Waals surface area contributed by atoms with Crippen LogP contribution in [-0.4, -0.2) is 53.0 Å². The van der Waals surface area contributed by atoms with Crippen LogP contribution in [-0.2, 0) is 16.0 Å². The van der Waals surface area contributed by atoms with E-state index in [-0.39, 0.29) is 12.2 Å². The summed E-state index contributed by atoms with van der Waals surface area (Å²) >= 11 is 0. The molecule has 1 aromatic carbocycles. The van der Waals surface area contributed by atoms with Crippen LogP contribution >= 0.6 is 0 Å². The van der Waals surface area contributed by atoms with E-state index >= 15 is 0 Å². The van der Waals surface area contributed by atoms with Gasteiger partial charge in [-0.3, -0.25) is 14.5 Å². The Morgan fingerprint density at radius 2 is 1.82 bits per heavy atom. The molecular formula is C27H32F3N5O3. The fourth-order valence-electron chi connectivity index (χ4n) is 5.36. The summed E-state index contributed by atoms with van der Waals surface area (Å²) in [6, 6.07) is 5.69. The van der Waals surface area contributed by atoms with Crippen molar-refractivity contribution in [2.45, 2.75) is 63.7 Å². The molecule has 3 N–H and O–H groups in total. The first-order chi connectivity index (χ1) is 18.0. The number of aryl methyl sites for hydroxylation is 1. The van der Waals surface area contributed by atoms with Gasteiger partial charge in [-0.15, -0.1) is 0 Å². The number of hydrogen-bond donors (Lipinski definition) is 2. The van der Waals surface area contributed by atoms with Crippen LogP contribution in [0.1, 0.15) is 43.2 Å². The Morgan fingerprint density at radius 3 is 2.42 bits per heavy atom. The molecule has 2 aliphatic rings. The van der Waals surface area contributed by atoms with Crippen LogP contribution in [0.3, 0.4) is 0 Å². The SMILES string of the molecule is Cc1ccc(N(C)C(=O)[C@@H]2[C@@H](Cc3ccnc(N)c3)C(=O)N2C(=O)N[C@@H](C2CCCCC2)C(F)(F)F)cc1. The fourth-order valence-corrected chi connectivity index (χ4v) is 5.36. The van der Waals surface area contributed by atoms with Crippen molar-refractivity contribution < 1.29 is 27.6 Å². The van der Waals surface area contributed by atoms with Gasteiger partial charge in [0.1, 0.15) is 17.9 Å². The van der Waals surface area contributed by atoms with E-state index in [0.717, 1.165) is 12.0 Å². The molecule has 11 heteroatoms. The number of pyridine rings is 1. The summed E-state index contributed by atoms with van der Waals surface area (Å²) in [6.07, 6.45) is -0.318. The second-order valence-electron chi connectivity index (χ2n) is 10.2. The number of imide groups is 1. The minimum absolute atomic E-state index is 0.0821. The highest BCUT2D eigenvalue weighted by Gasteiger charge is 2.56. The Labute approximate surface area is 219 Å². The van der Waals surface area contributed by atoms with Gasteiger partial charge >= 0.3 is 12.2 Å². The Balaban J connectivity index is 1.60. The van der Waals surface area contributed by atoms with E-state index in [1.165, 1.54) is 18.1 Å². The number of nitrogens with one attached hydrogen (secondary N) is 1. The van der Waals surface area contributed by atoms with Crippen molar-refractivity contribution in [3.63, 3.8) is 0 Å². The van der Waals surface area contributed by atoms with Gasteiger partial charge in [0, 0.05) is 18.9 Å². The van der Waals surface area contributed by atoms with Gasteiger partial charge in [-0.1, -0.05) is 37.0 Å². The zero-order valence-corrected chi connectivity index (χ0v) is 21.4. The molecule has 1 aliphatic carbocycles. The molecule has 1 aromatic heterocycles. The van der Waals surface area contributed by atoms with Crippen molar-refractivity contribution in [1.82, 2.24) is 15.2 Å². The first-order valence-electron chi connectivity index (χ1n) is 12.7. The minimum Gasteiger partial charge on any atom is -0.384 e. The van der Waals surface area contributed by atoms with Crippen LogP contribution in [0.2, 0.25) is 0 Å². The molecule has 4 amide bonds. The normalized spacial score (nSPS) is 21.0. The van der Waals surface area contributed by atoms with E-state index in [2.05, 4.69) is 10.3 Å². The van der Waals surface area contributed by atoms with Gasteiger partial charge in [-0.2, -0.15) is 13.2 Å². The number of nitrogen functional groups attached to an aromatic ring is 1. The van der Waals surface area contributed by atoms with E-state index in [1.54, 1.807) is 24.3 Å². The van der Waals surface area contributed by atoms with Crippen LogP contribution in [0.15, 0.2) is 42.6 Å². The number of aromatic nitrogens is 1. The third-order valence-electron chi connectivity index (χ3n) is 7.49. The van der Waals surface area contributed by atoms with Gasteiger partial charge in [-0.05, 0) is 61.9 Å². The molecule has 1 saturated heterocycles. The molecule has 204 valence electrons. The lowest BCUT2D eigenvalue weighted by Crippen LogP contribution is -2.71. The highest BCUT2D eigenvalue weighted by atomic mass is 19.4. The number of alkyl halides is 3. The number of nitrogens with two attached hydrogens (primary N) is 1. The van der Waals surface area contributed by atoms with E-state index in [1.807, 2.05) is 19.1 Å². The largest absolute Gasteiger partial charge is 0.408 e. The molecule has 0 unspecified atom stereocenters. The third kappa shape index (κ3) is 5.76. The predicted octanol–water partition coefficient (Wildman–Crippen LogP) is 4.23. The van der Waals surface area contributed by atoms with Crippen molar-refractivity contribution in [3.05, 3.63) is 53.7 Å². The summed E-state index contributed by atoms with van der Waals surface area (Å²) in [5, 5.41) is 2.06. The Bertz CT molecular complexity index is 1180. The highest BCUT2D eigenvalue weighted by molar-refractivity contribution is 6.12. The third-order valence-corrected chi connectivity index (χ3v) is 7.49. The molecule has 3 atom stereocenters. The number of amides is 4. The number of halogens is 3. The number of hydrogen-bond acceptors (Lipinski definition) is 5. The average molecular weight is 532 g/mol.